The lowest BCUT2D eigenvalue weighted by Gasteiger charge is -2.35. The maximum absolute atomic E-state index is 12.2. The molecule has 0 amide bonds. The van der Waals surface area contributed by atoms with Crippen molar-refractivity contribution >= 4 is 23.9 Å². The molecule has 1 heterocycles. The van der Waals surface area contributed by atoms with E-state index in [1.807, 2.05) is 36.4 Å². The number of carbonyl (C=O) groups is 1. The number of benzene rings is 2. The summed E-state index contributed by atoms with van der Waals surface area (Å²) in [5.41, 5.74) is 2.38. The zero-order valence-electron chi connectivity index (χ0n) is 13.2. The van der Waals surface area contributed by atoms with E-state index in [-0.39, 0.29) is 12.4 Å². The third-order valence-electron chi connectivity index (χ3n) is 4.14. The Hall–Kier alpha value is -1.84. The van der Waals surface area contributed by atoms with Gasteiger partial charge in [0.1, 0.15) is 0 Å². The Balaban J connectivity index is 0.00000192. The van der Waals surface area contributed by atoms with Gasteiger partial charge in [0.05, 0.1) is 6.54 Å². The number of hydrogen-bond donors (Lipinski definition) is 0. The van der Waals surface area contributed by atoms with Gasteiger partial charge in [0.15, 0.2) is 5.78 Å². The minimum atomic E-state index is 0. The first kappa shape index (κ1) is 17.5. The van der Waals surface area contributed by atoms with Crippen LogP contribution in [0.15, 0.2) is 60.7 Å². The molecule has 1 aliphatic rings. The molecule has 0 radical (unpaired) electrons. The Kier molecular flexibility index (Phi) is 6.63. The Morgan fingerprint density at radius 2 is 1.39 bits per heavy atom. The van der Waals surface area contributed by atoms with Gasteiger partial charge in [-0.3, -0.25) is 9.69 Å². The molecule has 2 aromatic carbocycles. The lowest BCUT2D eigenvalue weighted by molar-refractivity contribution is -0.119. The molecule has 0 bridgehead atoms. The molecule has 3 nitrogen and oxygen atoms in total. The minimum absolute atomic E-state index is 0. The fraction of sp³-hybridized carbons (Fsp3) is 0.316. The Morgan fingerprint density at radius 3 is 2.00 bits per heavy atom. The second kappa shape index (κ2) is 8.70. The molecule has 3 rings (SSSR count). The van der Waals surface area contributed by atoms with Gasteiger partial charge < -0.3 is 4.90 Å². The summed E-state index contributed by atoms with van der Waals surface area (Å²) in [6.45, 7) is 4.45. The summed E-state index contributed by atoms with van der Waals surface area (Å²) in [6, 6.07) is 20.5. The summed E-state index contributed by atoms with van der Waals surface area (Å²) >= 11 is 0. The van der Waals surface area contributed by atoms with Crippen LogP contribution < -0.4 is 4.90 Å². The molecule has 0 aliphatic carbocycles. The van der Waals surface area contributed by atoms with Crippen molar-refractivity contribution in [2.45, 2.75) is 6.42 Å². The van der Waals surface area contributed by atoms with Crippen LogP contribution >= 0.6 is 12.4 Å². The molecule has 0 atom stereocenters. The van der Waals surface area contributed by atoms with E-state index >= 15 is 0 Å². The van der Waals surface area contributed by atoms with E-state index in [9.17, 15) is 4.79 Å². The molecular weight excluding hydrogens is 308 g/mol. The third-order valence-corrected chi connectivity index (χ3v) is 4.14. The highest BCUT2D eigenvalue weighted by molar-refractivity contribution is 5.85. The largest absolute Gasteiger partial charge is 0.369 e. The van der Waals surface area contributed by atoms with E-state index in [1.165, 1.54) is 5.69 Å². The Morgan fingerprint density at radius 1 is 0.826 bits per heavy atom. The molecule has 2 aromatic rings. The summed E-state index contributed by atoms with van der Waals surface area (Å²) in [5.74, 6) is 0.305. The van der Waals surface area contributed by atoms with Crippen LogP contribution in [0.3, 0.4) is 0 Å². The van der Waals surface area contributed by atoms with E-state index in [1.54, 1.807) is 0 Å². The van der Waals surface area contributed by atoms with Crippen molar-refractivity contribution in [3.63, 3.8) is 0 Å². The van der Waals surface area contributed by atoms with Crippen LogP contribution in [0, 0.1) is 0 Å². The Labute approximate surface area is 144 Å². The zero-order chi connectivity index (χ0) is 15.2. The molecule has 1 aliphatic heterocycles. The predicted molar refractivity (Wildman–Crippen MR) is 97.5 cm³/mol. The molecular formula is C19H23ClN2O. The first-order valence-electron chi connectivity index (χ1n) is 7.89. The van der Waals surface area contributed by atoms with Crippen LogP contribution in [-0.2, 0) is 11.2 Å². The second-order valence-electron chi connectivity index (χ2n) is 5.80. The maximum Gasteiger partial charge on any atom is 0.151 e. The fourth-order valence-electron chi connectivity index (χ4n) is 2.93. The van der Waals surface area contributed by atoms with Gasteiger partial charge in [0.25, 0.3) is 0 Å². The average Bonchev–Trinajstić information content (AvgIpc) is 2.57. The van der Waals surface area contributed by atoms with Crippen LogP contribution in [0.5, 0.6) is 0 Å². The monoisotopic (exact) mass is 330 g/mol. The van der Waals surface area contributed by atoms with Crippen molar-refractivity contribution in [2.24, 2.45) is 0 Å². The summed E-state index contributed by atoms with van der Waals surface area (Å²) in [5, 5.41) is 0. The van der Waals surface area contributed by atoms with Crippen molar-refractivity contribution in [3.05, 3.63) is 66.2 Å². The van der Waals surface area contributed by atoms with Gasteiger partial charge in [-0.2, -0.15) is 0 Å². The lowest BCUT2D eigenvalue weighted by atomic mass is 10.1. The normalized spacial score (nSPS) is 15.0. The number of para-hydroxylation sites is 1. The molecule has 0 aromatic heterocycles. The molecule has 0 unspecified atom stereocenters. The Bertz CT molecular complexity index is 595. The lowest BCUT2D eigenvalue weighted by Crippen LogP contribution is -2.48. The number of nitrogens with zero attached hydrogens (tertiary/aromatic N) is 2. The number of carbonyl (C=O) groups excluding carboxylic acids is 1. The van der Waals surface area contributed by atoms with Gasteiger partial charge in [-0.15, -0.1) is 12.4 Å². The highest BCUT2D eigenvalue weighted by atomic mass is 35.5. The summed E-state index contributed by atoms with van der Waals surface area (Å²) in [4.78, 5) is 16.8. The minimum Gasteiger partial charge on any atom is -0.369 e. The van der Waals surface area contributed by atoms with E-state index in [2.05, 4.69) is 34.1 Å². The number of ketones is 1. The van der Waals surface area contributed by atoms with Crippen LogP contribution in [-0.4, -0.2) is 43.4 Å². The highest BCUT2D eigenvalue weighted by Gasteiger charge is 2.19. The molecule has 1 fully saturated rings. The van der Waals surface area contributed by atoms with Crippen molar-refractivity contribution < 1.29 is 4.79 Å². The SMILES string of the molecule is Cl.O=C(Cc1ccccc1)CN1CCN(c2ccccc2)CC1. The number of anilines is 1. The molecule has 0 N–H and O–H groups in total. The fourth-order valence-corrected chi connectivity index (χ4v) is 2.93. The highest BCUT2D eigenvalue weighted by Crippen LogP contribution is 2.15. The summed E-state index contributed by atoms with van der Waals surface area (Å²) < 4.78 is 0. The van der Waals surface area contributed by atoms with Crippen molar-refractivity contribution in [3.8, 4) is 0 Å². The number of rotatable bonds is 5. The van der Waals surface area contributed by atoms with E-state index in [0.29, 0.717) is 18.7 Å². The van der Waals surface area contributed by atoms with E-state index in [0.717, 1.165) is 31.7 Å². The standard InChI is InChI=1S/C19H22N2O.ClH/c22-19(15-17-7-3-1-4-8-17)16-20-11-13-21(14-12-20)18-9-5-2-6-10-18;/h1-10H,11-16H2;1H. The van der Waals surface area contributed by atoms with Gasteiger partial charge in [0.2, 0.25) is 0 Å². The van der Waals surface area contributed by atoms with Gasteiger partial charge in [0, 0.05) is 38.3 Å². The van der Waals surface area contributed by atoms with Gasteiger partial charge in [-0.05, 0) is 17.7 Å². The van der Waals surface area contributed by atoms with E-state index in [4.69, 9.17) is 0 Å². The molecule has 1 saturated heterocycles. The van der Waals surface area contributed by atoms with Crippen molar-refractivity contribution in [1.82, 2.24) is 4.90 Å². The van der Waals surface area contributed by atoms with E-state index < -0.39 is 0 Å². The van der Waals surface area contributed by atoms with Crippen molar-refractivity contribution in [1.29, 1.82) is 0 Å². The molecule has 122 valence electrons. The summed E-state index contributed by atoms with van der Waals surface area (Å²) in [6.07, 6.45) is 0.541. The van der Waals surface area contributed by atoms with Crippen LogP contribution in [0.1, 0.15) is 5.56 Å². The number of piperazine rings is 1. The number of halogens is 1. The zero-order valence-corrected chi connectivity index (χ0v) is 14.0. The quantitative estimate of drug-likeness (QED) is 0.842. The van der Waals surface area contributed by atoms with Crippen LogP contribution in [0.2, 0.25) is 0 Å². The molecule has 23 heavy (non-hydrogen) atoms. The van der Waals surface area contributed by atoms with Gasteiger partial charge in [-0.1, -0.05) is 48.5 Å². The number of Topliss-reactive ketones (excluding diaryl/α,β-unsaturated/α-hetero) is 1. The smallest absolute Gasteiger partial charge is 0.151 e. The topological polar surface area (TPSA) is 23.6 Å². The van der Waals surface area contributed by atoms with Gasteiger partial charge >= 0.3 is 0 Å². The average molecular weight is 331 g/mol. The third kappa shape index (κ3) is 5.08. The first-order chi connectivity index (χ1) is 10.8. The van der Waals surface area contributed by atoms with Crippen LogP contribution in [0.25, 0.3) is 0 Å². The van der Waals surface area contributed by atoms with Gasteiger partial charge in [-0.25, -0.2) is 0 Å². The second-order valence-corrected chi connectivity index (χ2v) is 5.80. The first-order valence-corrected chi connectivity index (χ1v) is 7.89. The predicted octanol–water partition coefficient (Wildman–Crippen LogP) is 3.04. The number of hydrogen-bond acceptors (Lipinski definition) is 3. The summed E-state index contributed by atoms with van der Waals surface area (Å²) in [7, 11) is 0. The van der Waals surface area contributed by atoms with Crippen LogP contribution in [0.4, 0.5) is 5.69 Å². The molecule has 4 heteroatoms. The molecule has 0 spiro atoms. The van der Waals surface area contributed by atoms with Crippen molar-refractivity contribution in [2.75, 3.05) is 37.6 Å². The maximum atomic E-state index is 12.2. The molecule has 0 saturated carbocycles.